The van der Waals surface area contributed by atoms with Gasteiger partial charge in [0, 0.05) is 11.3 Å². The summed E-state index contributed by atoms with van der Waals surface area (Å²) in [6, 6.07) is 10.4. The Morgan fingerprint density at radius 1 is 1.15 bits per heavy atom. The van der Waals surface area contributed by atoms with Gasteiger partial charge in [-0.1, -0.05) is 12.1 Å². The number of hydrogen-bond acceptors (Lipinski definition) is 4. The van der Waals surface area contributed by atoms with E-state index in [0.717, 1.165) is 11.3 Å². The summed E-state index contributed by atoms with van der Waals surface area (Å²) in [6.07, 6.45) is 3.39. The standard InChI is InChI=1S/C14H14N2O3S/c1-20-9-10-4-2-5-11(8-10)13(17)15-16-14(18)12-6-3-7-19-12/h2-8H,9H2,1H3,(H,15,17)(H,16,18). The number of benzene rings is 1. The van der Waals surface area contributed by atoms with E-state index < -0.39 is 5.91 Å². The average Bonchev–Trinajstić information content (AvgIpc) is 2.99. The topological polar surface area (TPSA) is 71.3 Å². The molecule has 0 saturated carbocycles. The molecule has 0 aliphatic rings. The Bertz CT molecular complexity index is 596. The van der Waals surface area contributed by atoms with Crippen LogP contribution in [0.25, 0.3) is 0 Å². The van der Waals surface area contributed by atoms with Crippen molar-refractivity contribution in [1.82, 2.24) is 10.9 Å². The van der Waals surface area contributed by atoms with Gasteiger partial charge in [0.1, 0.15) is 0 Å². The molecule has 0 aliphatic carbocycles. The first-order chi connectivity index (χ1) is 9.70. The Labute approximate surface area is 120 Å². The van der Waals surface area contributed by atoms with Gasteiger partial charge in [-0.05, 0) is 36.1 Å². The summed E-state index contributed by atoms with van der Waals surface area (Å²) in [5.74, 6) is 0.109. The van der Waals surface area contributed by atoms with Crippen molar-refractivity contribution in [3.05, 3.63) is 59.5 Å². The number of hydrogen-bond donors (Lipinski definition) is 2. The van der Waals surface area contributed by atoms with Gasteiger partial charge in [-0.3, -0.25) is 20.4 Å². The van der Waals surface area contributed by atoms with Gasteiger partial charge in [0.15, 0.2) is 5.76 Å². The Hall–Kier alpha value is -2.21. The van der Waals surface area contributed by atoms with E-state index in [-0.39, 0.29) is 11.7 Å². The van der Waals surface area contributed by atoms with Crippen LogP contribution in [0.3, 0.4) is 0 Å². The molecule has 0 aliphatic heterocycles. The van der Waals surface area contributed by atoms with Crippen LogP contribution in [0.4, 0.5) is 0 Å². The maximum Gasteiger partial charge on any atom is 0.305 e. The molecule has 0 saturated heterocycles. The molecular formula is C14H14N2O3S. The molecule has 5 nitrogen and oxygen atoms in total. The maximum atomic E-state index is 11.9. The van der Waals surface area contributed by atoms with Crippen LogP contribution in [0, 0.1) is 0 Å². The summed E-state index contributed by atoms with van der Waals surface area (Å²) in [5.41, 5.74) is 6.20. The highest BCUT2D eigenvalue weighted by molar-refractivity contribution is 7.97. The molecule has 2 amide bonds. The van der Waals surface area contributed by atoms with Gasteiger partial charge in [-0.2, -0.15) is 11.8 Å². The van der Waals surface area contributed by atoms with E-state index in [9.17, 15) is 9.59 Å². The Morgan fingerprint density at radius 3 is 2.65 bits per heavy atom. The number of carbonyl (C=O) groups excluding carboxylic acids is 2. The molecule has 1 aromatic heterocycles. The average molecular weight is 290 g/mol. The number of hydrazine groups is 1. The van der Waals surface area contributed by atoms with E-state index in [1.807, 2.05) is 18.4 Å². The summed E-state index contributed by atoms with van der Waals surface area (Å²) >= 11 is 1.68. The molecule has 0 spiro atoms. The fraction of sp³-hybridized carbons (Fsp3) is 0.143. The molecule has 0 unspecified atom stereocenters. The third-order valence-corrected chi connectivity index (χ3v) is 3.16. The van der Waals surface area contributed by atoms with Gasteiger partial charge in [-0.25, -0.2) is 0 Å². The van der Waals surface area contributed by atoms with Crippen LogP contribution in [-0.2, 0) is 5.75 Å². The van der Waals surface area contributed by atoms with Crippen molar-refractivity contribution in [3.8, 4) is 0 Å². The van der Waals surface area contributed by atoms with Gasteiger partial charge >= 0.3 is 5.91 Å². The molecule has 20 heavy (non-hydrogen) atoms. The van der Waals surface area contributed by atoms with Gasteiger partial charge in [-0.15, -0.1) is 0 Å². The molecule has 104 valence electrons. The molecule has 1 heterocycles. The van der Waals surface area contributed by atoms with Crippen LogP contribution >= 0.6 is 11.8 Å². The van der Waals surface area contributed by atoms with Crippen LogP contribution in [0.2, 0.25) is 0 Å². The molecule has 6 heteroatoms. The van der Waals surface area contributed by atoms with Crippen molar-refractivity contribution >= 4 is 23.6 Å². The molecule has 0 bridgehead atoms. The second-order valence-corrected chi connectivity index (χ2v) is 4.88. The van der Waals surface area contributed by atoms with Gasteiger partial charge in [0.25, 0.3) is 5.91 Å². The summed E-state index contributed by atoms with van der Waals surface area (Å²) < 4.78 is 4.92. The Balaban J connectivity index is 1.95. The maximum absolute atomic E-state index is 11.9. The lowest BCUT2D eigenvalue weighted by Gasteiger charge is -2.07. The lowest BCUT2D eigenvalue weighted by molar-refractivity contribution is 0.0831. The first-order valence-corrected chi connectivity index (χ1v) is 7.32. The number of furan rings is 1. The minimum absolute atomic E-state index is 0.140. The molecule has 0 radical (unpaired) electrons. The second-order valence-electron chi connectivity index (χ2n) is 4.02. The van der Waals surface area contributed by atoms with E-state index >= 15 is 0 Å². The van der Waals surface area contributed by atoms with E-state index in [0.29, 0.717) is 5.56 Å². The highest BCUT2D eigenvalue weighted by atomic mass is 32.2. The SMILES string of the molecule is CSCc1cccc(C(=O)NNC(=O)c2ccco2)c1. The normalized spacial score (nSPS) is 10.1. The zero-order chi connectivity index (χ0) is 14.4. The van der Waals surface area contributed by atoms with Crippen molar-refractivity contribution in [2.45, 2.75) is 5.75 Å². The van der Waals surface area contributed by atoms with Crippen LogP contribution < -0.4 is 10.9 Å². The number of carbonyl (C=O) groups is 2. The van der Waals surface area contributed by atoms with Gasteiger partial charge in [0.2, 0.25) is 0 Å². The summed E-state index contributed by atoms with van der Waals surface area (Å²) in [7, 11) is 0. The second kappa shape index (κ2) is 6.81. The van der Waals surface area contributed by atoms with Crippen LogP contribution in [0.15, 0.2) is 47.1 Å². The van der Waals surface area contributed by atoms with Gasteiger partial charge in [0.05, 0.1) is 6.26 Å². The Morgan fingerprint density at radius 2 is 1.95 bits per heavy atom. The molecule has 2 rings (SSSR count). The van der Waals surface area contributed by atoms with Crippen molar-refractivity contribution in [3.63, 3.8) is 0 Å². The fourth-order valence-corrected chi connectivity index (χ4v) is 2.14. The van der Waals surface area contributed by atoms with E-state index in [4.69, 9.17) is 4.42 Å². The molecule has 1 aromatic carbocycles. The lowest BCUT2D eigenvalue weighted by Crippen LogP contribution is -2.41. The number of nitrogens with one attached hydrogen (secondary N) is 2. The summed E-state index contributed by atoms with van der Waals surface area (Å²) in [4.78, 5) is 23.5. The minimum atomic E-state index is -0.497. The van der Waals surface area contributed by atoms with Crippen molar-refractivity contribution in [2.24, 2.45) is 0 Å². The third-order valence-electron chi connectivity index (χ3n) is 2.53. The first kappa shape index (κ1) is 14.2. The smallest absolute Gasteiger partial charge is 0.305 e. The predicted molar refractivity (Wildman–Crippen MR) is 77.3 cm³/mol. The van der Waals surface area contributed by atoms with E-state index in [1.165, 1.54) is 12.3 Å². The number of rotatable bonds is 4. The summed E-state index contributed by atoms with van der Waals surface area (Å²) in [5, 5.41) is 0. The third kappa shape index (κ3) is 3.64. The summed E-state index contributed by atoms with van der Waals surface area (Å²) in [6.45, 7) is 0. The largest absolute Gasteiger partial charge is 0.459 e. The zero-order valence-electron chi connectivity index (χ0n) is 10.9. The van der Waals surface area contributed by atoms with Crippen molar-refractivity contribution < 1.29 is 14.0 Å². The van der Waals surface area contributed by atoms with Crippen LogP contribution in [0.5, 0.6) is 0 Å². The number of thioether (sulfide) groups is 1. The zero-order valence-corrected chi connectivity index (χ0v) is 11.7. The van der Waals surface area contributed by atoms with Crippen molar-refractivity contribution in [1.29, 1.82) is 0 Å². The van der Waals surface area contributed by atoms with Crippen LogP contribution in [0.1, 0.15) is 26.5 Å². The molecule has 0 fully saturated rings. The highest BCUT2D eigenvalue weighted by Crippen LogP contribution is 2.11. The minimum Gasteiger partial charge on any atom is -0.459 e. The highest BCUT2D eigenvalue weighted by Gasteiger charge is 2.11. The van der Waals surface area contributed by atoms with E-state index in [1.54, 1.807) is 30.0 Å². The van der Waals surface area contributed by atoms with Crippen LogP contribution in [-0.4, -0.2) is 18.1 Å². The molecule has 2 N–H and O–H groups in total. The monoisotopic (exact) mass is 290 g/mol. The first-order valence-electron chi connectivity index (χ1n) is 5.93. The molecular weight excluding hydrogens is 276 g/mol. The molecule has 0 atom stereocenters. The van der Waals surface area contributed by atoms with Gasteiger partial charge < -0.3 is 4.42 Å². The quantitative estimate of drug-likeness (QED) is 0.847. The van der Waals surface area contributed by atoms with Crippen molar-refractivity contribution in [2.75, 3.05) is 6.26 Å². The fourth-order valence-electron chi connectivity index (χ4n) is 1.62. The number of amides is 2. The lowest BCUT2D eigenvalue weighted by atomic mass is 10.1. The van der Waals surface area contributed by atoms with E-state index in [2.05, 4.69) is 10.9 Å². The molecule has 2 aromatic rings. The predicted octanol–water partition coefficient (Wildman–Crippen LogP) is 2.22. The Kier molecular flexibility index (Phi) is 4.84.